The molecule has 1 unspecified atom stereocenters. The minimum atomic E-state index is -3.78. The third-order valence-corrected chi connectivity index (χ3v) is 9.13. The van der Waals surface area contributed by atoms with E-state index in [9.17, 15) is 8.42 Å². The Morgan fingerprint density at radius 3 is 2.54 bits per heavy atom. The van der Waals surface area contributed by atoms with E-state index in [0.717, 1.165) is 16.7 Å². The van der Waals surface area contributed by atoms with Crippen LogP contribution in [0.25, 0.3) is 11.1 Å². The molecule has 1 aliphatic heterocycles. The fraction of sp³-hybridized carbons (Fsp3) is 0.370. The van der Waals surface area contributed by atoms with E-state index in [1.54, 1.807) is 48.9 Å². The van der Waals surface area contributed by atoms with Crippen LogP contribution in [0.1, 0.15) is 37.9 Å². The Labute approximate surface area is 213 Å². The summed E-state index contributed by atoms with van der Waals surface area (Å²) < 4.78 is 35.1. The molecule has 1 aromatic heterocycles. The zero-order chi connectivity index (χ0) is 25.4. The average Bonchev–Trinajstić information content (AvgIpc) is 2.84. The molecule has 1 aliphatic rings. The molecule has 1 fully saturated rings. The van der Waals surface area contributed by atoms with E-state index in [1.807, 2.05) is 24.3 Å². The lowest BCUT2D eigenvalue weighted by Crippen LogP contribution is -2.55. The molecule has 3 aromatic rings. The van der Waals surface area contributed by atoms with Gasteiger partial charge in [0.05, 0.1) is 24.2 Å². The van der Waals surface area contributed by atoms with Crippen LogP contribution in [0.2, 0.25) is 5.02 Å². The second-order valence-corrected chi connectivity index (χ2v) is 12.1. The number of halogens is 1. The quantitative estimate of drug-likeness (QED) is 0.446. The Morgan fingerprint density at radius 2 is 1.83 bits per heavy atom. The van der Waals surface area contributed by atoms with Crippen molar-refractivity contribution < 1.29 is 13.2 Å². The maximum atomic E-state index is 14.0. The van der Waals surface area contributed by atoms with Crippen molar-refractivity contribution in [1.82, 2.24) is 14.2 Å². The molecule has 0 bridgehead atoms. The average molecular weight is 514 g/mol. The van der Waals surface area contributed by atoms with Crippen molar-refractivity contribution in [2.75, 3.05) is 26.7 Å². The molecular weight excluding hydrogens is 482 g/mol. The van der Waals surface area contributed by atoms with E-state index in [2.05, 4.69) is 36.7 Å². The van der Waals surface area contributed by atoms with Gasteiger partial charge in [0.25, 0.3) is 0 Å². The van der Waals surface area contributed by atoms with Crippen LogP contribution in [0.4, 0.5) is 0 Å². The molecule has 0 amide bonds. The molecule has 2 aromatic carbocycles. The Balaban J connectivity index is 1.82. The van der Waals surface area contributed by atoms with Crippen molar-refractivity contribution >= 4 is 21.6 Å². The maximum Gasteiger partial charge on any atom is 0.244 e. The van der Waals surface area contributed by atoms with Crippen molar-refractivity contribution in [1.29, 1.82) is 0 Å². The van der Waals surface area contributed by atoms with E-state index in [-0.39, 0.29) is 16.5 Å². The van der Waals surface area contributed by atoms with Crippen molar-refractivity contribution in [3.8, 4) is 16.9 Å². The van der Waals surface area contributed by atoms with Crippen molar-refractivity contribution in [2.24, 2.45) is 0 Å². The van der Waals surface area contributed by atoms with Crippen LogP contribution in [0.15, 0.2) is 65.8 Å². The molecule has 0 radical (unpaired) electrons. The predicted molar refractivity (Wildman–Crippen MR) is 140 cm³/mol. The topological polar surface area (TPSA) is 62.7 Å². The van der Waals surface area contributed by atoms with Gasteiger partial charge in [0, 0.05) is 42.0 Å². The lowest BCUT2D eigenvalue weighted by molar-refractivity contribution is 0.0590. The Morgan fingerprint density at radius 1 is 1.09 bits per heavy atom. The molecule has 1 saturated heterocycles. The molecule has 0 aliphatic carbocycles. The van der Waals surface area contributed by atoms with Gasteiger partial charge in [-0.1, -0.05) is 35.9 Å². The van der Waals surface area contributed by atoms with Gasteiger partial charge in [0.1, 0.15) is 5.75 Å². The molecule has 0 spiro atoms. The summed E-state index contributed by atoms with van der Waals surface area (Å²) in [5.74, 6) is 0.670. The highest BCUT2D eigenvalue weighted by atomic mass is 35.5. The summed E-state index contributed by atoms with van der Waals surface area (Å²) in [7, 11) is -2.16. The molecule has 1 atom stereocenters. The van der Waals surface area contributed by atoms with E-state index >= 15 is 0 Å². The number of aromatic nitrogens is 1. The highest BCUT2D eigenvalue weighted by molar-refractivity contribution is 7.89. The van der Waals surface area contributed by atoms with Gasteiger partial charge in [-0.25, -0.2) is 8.42 Å². The Bertz CT molecular complexity index is 1320. The van der Waals surface area contributed by atoms with Gasteiger partial charge < -0.3 is 4.74 Å². The van der Waals surface area contributed by atoms with Gasteiger partial charge in [-0.3, -0.25) is 9.88 Å². The highest BCUT2D eigenvalue weighted by Gasteiger charge is 2.40. The summed E-state index contributed by atoms with van der Waals surface area (Å²) in [5, 5.41) is 0.447. The van der Waals surface area contributed by atoms with Gasteiger partial charge in [-0.15, -0.1) is 0 Å². The fourth-order valence-corrected chi connectivity index (χ4v) is 6.70. The smallest absolute Gasteiger partial charge is 0.244 e. The van der Waals surface area contributed by atoms with Crippen molar-refractivity contribution in [2.45, 2.75) is 44.2 Å². The fourth-order valence-electron chi connectivity index (χ4n) is 4.62. The predicted octanol–water partition coefficient (Wildman–Crippen LogP) is 5.57. The minimum Gasteiger partial charge on any atom is -0.494 e. The first-order valence-corrected chi connectivity index (χ1v) is 13.5. The molecule has 6 nitrogen and oxygen atoms in total. The van der Waals surface area contributed by atoms with Crippen molar-refractivity contribution in [3.05, 3.63) is 77.1 Å². The largest absolute Gasteiger partial charge is 0.494 e. The molecule has 0 saturated carbocycles. The van der Waals surface area contributed by atoms with E-state index < -0.39 is 10.0 Å². The van der Waals surface area contributed by atoms with Crippen LogP contribution in [-0.4, -0.2) is 54.9 Å². The lowest BCUT2D eigenvalue weighted by Gasteiger charge is -2.46. The van der Waals surface area contributed by atoms with Gasteiger partial charge in [-0.2, -0.15) is 4.31 Å². The molecule has 0 N–H and O–H groups in total. The summed E-state index contributed by atoms with van der Waals surface area (Å²) >= 11 is 6.30. The number of hydrogen-bond acceptors (Lipinski definition) is 5. The number of sulfonamides is 1. The van der Waals surface area contributed by atoms with Crippen LogP contribution in [0.3, 0.4) is 0 Å². The summed E-state index contributed by atoms with van der Waals surface area (Å²) in [6.45, 7) is 9.86. The first-order valence-electron chi connectivity index (χ1n) is 11.6. The zero-order valence-electron chi connectivity index (χ0n) is 20.8. The Kier molecular flexibility index (Phi) is 7.25. The van der Waals surface area contributed by atoms with Gasteiger partial charge >= 0.3 is 0 Å². The molecule has 2 heterocycles. The van der Waals surface area contributed by atoms with Gasteiger partial charge in [0.2, 0.25) is 10.0 Å². The number of nitrogens with zero attached hydrogens (tertiary/aromatic N) is 3. The summed E-state index contributed by atoms with van der Waals surface area (Å²) in [6.07, 6.45) is 3.41. The number of rotatable bonds is 5. The van der Waals surface area contributed by atoms with Crippen LogP contribution in [0, 0.1) is 6.92 Å². The van der Waals surface area contributed by atoms with Crippen LogP contribution in [-0.2, 0) is 10.0 Å². The summed E-state index contributed by atoms with van der Waals surface area (Å²) in [5.41, 5.74) is 3.27. The Hall–Kier alpha value is -2.45. The lowest BCUT2D eigenvalue weighted by atomic mass is 9.96. The minimum absolute atomic E-state index is 0.0913. The van der Waals surface area contributed by atoms with E-state index in [1.165, 1.54) is 0 Å². The number of pyridine rings is 1. The molecular formula is C27H32ClN3O3S. The second-order valence-electron chi connectivity index (χ2n) is 9.81. The number of methoxy groups -OCH3 is 1. The normalized spacial score (nSPS) is 17.9. The number of benzene rings is 2. The van der Waals surface area contributed by atoms with Crippen LogP contribution in [0.5, 0.6) is 5.75 Å². The molecule has 35 heavy (non-hydrogen) atoms. The van der Waals surface area contributed by atoms with Gasteiger partial charge in [-0.05, 0) is 68.7 Å². The maximum absolute atomic E-state index is 14.0. The number of piperazine rings is 1. The number of hydrogen-bond donors (Lipinski definition) is 0. The van der Waals surface area contributed by atoms with E-state index in [4.69, 9.17) is 16.3 Å². The SMILES string of the molecule is COc1cnccc1-c1cccc(C2CN(C(C)(C)C)CCN2S(=O)(=O)c2cccc(Cl)c2C)c1. The van der Waals surface area contributed by atoms with Crippen LogP contribution < -0.4 is 4.74 Å². The third kappa shape index (κ3) is 5.09. The number of ether oxygens (including phenoxy) is 1. The van der Waals surface area contributed by atoms with Crippen LogP contribution >= 0.6 is 11.6 Å². The molecule has 8 heteroatoms. The first kappa shape index (κ1) is 25.6. The van der Waals surface area contributed by atoms with Crippen molar-refractivity contribution in [3.63, 3.8) is 0 Å². The first-order chi connectivity index (χ1) is 16.5. The van der Waals surface area contributed by atoms with Gasteiger partial charge in [0.15, 0.2) is 0 Å². The second kappa shape index (κ2) is 9.90. The molecule has 4 rings (SSSR count). The third-order valence-electron chi connectivity index (χ3n) is 6.67. The zero-order valence-corrected chi connectivity index (χ0v) is 22.4. The van der Waals surface area contributed by atoms with E-state index in [0.29, 0.717) is 36.0 Å². The standard InChI is InChI=1S/C27H32ClN3O3S/c1-19-23(28)10-7-11-26(19)35(32,33)31-15-14-30(27(2,3)4)18-24(31)21-9-6-8-20(16-21)22-12-13-29-17-25(22)34-5/h6-13,16-17,24H,14-15,18H2,1-5H3. The highest BCUT2D eigenvalue weighted by Crippen LogP contribution is 2.37. The molecule has 186 valence electrons. The monoisotopic (exact) mass is 513 g/mol. The summed E-state index contributed by atoms with van der Waals surface area (Å²) in [6, 6.07) is 14.6. The summed E-state index contributed by atoms with van der Waals surface area (Å²) in [4.78, 5) is 6.75.